The van der Waals surface area contributed by atoms with Crippen LogP contribution in [0.1, 0.15) is 19.5 Å². The van der Waals surface area contributed by atoms with Gasteiger partial charge in [0, 0.05) is 24.8 Å². The van der Waals surface area contributed by atoms with Gasteiger partial charge in [-0.05, 0) is 26.0 Å². The molecule has 5 nitrogen and oxygen atoms in total. The standard InChI is InChI=1S/C12H19N3O2S/c1-12(2)10-15(18(16,17)8-7-14-12)9-11-5-3-4-6-13-11/h3-6,14H,7-10H2,1-2H3. The summed E-state index contributed by atoms with van der Waals surface area (Å²) in [6, 6.07) is 5.54. The molecule has 1 fully saturated rings. The normalized spacial score (nSPS) is 23.4. The molecule has 0 atom stereocenters. The molecule has 2 heterocycles. The second-order valence-electron chi connectivity index (χ2n) is 5.22. The molecule has 0 saturated carbocycles. The zero-order valence-electron chi connectivity index (χ0n) is 10.8. The highest BCUT2D eigenvalue weighted by Gasteiger charge is 2.32. The molecule has 1 aromatic rings. The van der Waals surface area contributed by atoms with Crippen LogP contribution in [-0.2, 0) is 16.6 Å². The van der Waals surface area contributed by atoms with Crippen LogP contribution in [0.2, 0.25) is 0 Å². The van der Waals surface area contributed by atoms with Crippen LogP contribution in [-0.4, -0.2) is 42.1 Å². The fraction of sp³-hybridized carbons (Fsp3) is 0.583. The van der Waals surface area contributed by atoms with Crippen molar-refractivity contribution in [3.8, 4) is 0 Å². The molecule has 100 valence electrons. The Hall–Kier alpha value is -0.980. The lowest BCUT2D eigenvalue weighted by Crippen LogP contribution is -2.46. The van der Waals surface area contributed by atoms with Gasteiger partial charge in [0.1, 0.15) is 0 Å². The maximum atomic E-state index is 12.2. The summed E-state index contributed by atoms with van der Waals surface area (Å²) in [6.45, 7) is 5.33. The van der Waals surface area contributed by atoms with Crippen LogP contribution >= 0.6 is 0 Å². The topological polar surface area (TPSA) is 62.3 Å². The van der Waals surface area contributed by atoms with Gasteiger partial charge in [-0.3, -0.25) is 4.98 Å². The summed E-state index contributed by atoms with van der Waals surface area (Å²) in [6.07, 6.45) is 1.68. The minimum Gasteiger partial charge on any atom is -0.309 e. The van der Waals surface area contributed by atoms with E-state index in [4.69, 9.17) is 0 Å². The zero-order valence-corrected chi connectivity index (χ0v) is 11.6. The van der Waals surface area contributed by atoms with E-state index < -0.39 is 10.0 Å². The molecule has 1 aromatic heterocycles. The summed E-state index contributed by atoms with van der Waals surface area (Å²) in [5.41, 5.74) is 0.567. The Balaban J connectivity index is 2.22. The van der Waals surface area contributed by atoms with Crippen molar-refractivity contribution in [2.45, 2.75) is 25.9 Å². The molecule has 0 radical (unpaired) electrons. The Morgan fingerprint density at radius 3 is 2.89 bits per heavy atom. The van der Waals surface area contributed by atoms with Crippen LogP contribution in [0.3, 0.4) is 0 Å². The highest BCUT2D eigenvalue weighted by atomic mass is 32.2. The Kier molecular flexibility index (Phi) is 3.70. The van der Waals surface area contributed by atoms with Crippen molar-refractivity contribution in [3.63, 3.8) is 0 Å². The first-order chi connectivity index (χ1) is 8.39. The van der Waals surface area contributed by atoms with E-state index in [0.717, 1.165) is 5.69 Å². The lowest BCUT2D eigenvalue weighted by atomic mass is 10.1. The lowest BCUT2D eigenvalue weighted by Gasteiger charge is -2.28. The van der Waals surface area contributed by atoms with Crippen LogP contribution in [0.4, 0.5) is 0 Å². The molecule has 0 bridgehead atoms. The van der Waals surface area contributed by atoms with Crippen LogP contribution in [0.15, 0.2) is 24.4 Å². The number of nitrogens with zero attached hydrogens (tertiary/aromatic N) is 2. The van der Waals surface area contributed by atoms with Crippen molar-refractivity contribution in [2.24, 2.45) is 0 Å². The van der Waals surface area contributed by atoms with Crippen molar-refractivity contribution < 1.29 is 8.42 Å². The Morgan fingerprint density at radius 1 is 1.44 bits per heavy atom. The number of nitrogens with one attached hydrogen (secondary N) is 1. The number of hydrogen-bond acceptors (Lipinski definition) is 4. The van der Waals surface area contributed by atoms with Crippen molar-refractivity contribution in [3.05, 3.63) is 30.1 Å². The number of aromatic nitrogens is 1. The van der Waals surface area contributed by atoms with Crippen LogP contribution in [0, 0.1) is 0 Å². The van der Waals surface area contributed by atoms with E-state index in [0.29, 0.717) is 19.6 Å². The molecule has 0 aliphatic carbocycles. The number of sulfonamides is 1. The molecule has 6 heteroatoms. The molecule has 0 spiro atoms. The van der Waals surface area contributed by atoms with Gasteiger partial charge < -0.3 is 5.32 Å². The predicted molar refractivity (Wildman–Crippen MR) is 70.5 cm³/mol. The van der Waals surface area contributed by atoms with E-state index >= 15 is 0 Å². The van der Waals surface area contributed by atoms with Crippen molar-refractivity contribution in [1.82, 2.24) is 14.6 Å². The van der Waals surface area contributed by atoms with Crippen molar-refractivity contribution in [1.29, 1.82) is 0 Å². The molecule has 1 saturated heterocycles. The first-order valence-corrected chi connectivity index (χ1v) is 7.63. The van der Waals surface area contributed by atoms with Gasteiger partial charge in [-0.15, -0.1) is 0 Å². The second-order valence-corrected chi connectivity index (χ2v) is 7.30. The van der Waals surface area contributed by atoms with Crippen LogP contribution in [0.25, 0.3) is 0 Å². The third-order valence-corrected chi connectivity index (χ3v) is 4.76. The van der Waals surface area contributed by atoms with Crippen molar-refractivity contribution in [2.75, 3.05) is 18.8 Å². The maximum Gasteiger partial charge on any atom is 0.215 e. The van der Waals surface area contributed by atoms with Gasteiger partial charge in [-0.2, -0.15) is 4.31 Å². The van der Waals surface area contributed by atoms with Gasteiger partial charge in [0.15, 0.2) is 0 Å². The van der Waals surface area contributed by atoms with E-state index in [1.165, 1.54) is 4.31 Å². The smallest absolute Gasteiger partial charge is 0.215 e. The molecule has 1 aliphatic rings. The molecular formula is C12H19N3O2S. The Bertz CT molecular complexity index is 499. The van der Waals surface area contributed by atoms with Gasteiger partial charge >= 0.3 is 0 Å². The molecule has 2 rings (SSSR count). The first kappa shape index (κ1) is 13.5. The number of rotatable bonds is 2. The minimum absolute atomic E-state index is 0.142. The quantitative estimate of drug-likeness (QED) is 0.854. The summed E-state index contributed by atoms with van der Waals surface area (Å²) in [7, 11) is -3.20. The fourth-order valence-electron chi connectivity index (χ4n) is 2.07. The molecule has 0 amide bonds. The largest absolute Gasteiger partial charge is 0.309 e. The highest BCUT2D eigenvalue weighted by Crippen LogP contribution is 2.16. The average Bonchev–Trinajstić information content (AvgIpc) is 2.37. The lowest BCUT2D eigenvalue weighted by molar-refractivity contribution is 0.298. The van der Waals surface area contributed by atoms with Crippen LogP contribution < -0.4 is 5.32 Å². The van der Waals surface area contributed by atoms with Crippen molar-refractivity contribution >= 4 is 10.0 Å². The molecular weight excluding hydrogens is 250 g/mol. The maximum absolute atomic E-state index is 12.2. The summed E-state index contributed by atoms with van der Waals surface area (Å²) in [5.74, 6) is 0.142. The van der Waals surface area contributed by atoms with E-state index in [-0.39, 0.29) is 11.3 Å². The summed E-state index contributed by atoms with van der Waals surface area (Å²) >= 11 is 0. The first-order valence-electron chi connectivity index (χ1n) is 6.02. The summed E-state index contributed by atoms with van der Waals surface area (Å²) in [4.78, 5) is 4.19. The fourth-order valence-corrected chi connectivity index (χ4v) is 3.54. The van der Waals surface area contributed by atoms with Gasteiger partial charge in [-0.25, -0.2) is 8.42 Å². The molecule has 0 aromatic carbocycles. The van der Waals surface area contributed by atoms with Gasteiger partial charge in [0.2, 0.25) is 10.0 Å². The third-order valence-electron chi connectivity index (χ3n) is 2.99. The summed E-state index contributed by atoms with van der Waals surface area (Å²) < 4.78 is 25.8. The van der Waals surface area contributed by atoms with E-state index in [1.54, 1.807) is 6.20 Å². The molecule has 1 aliphatic heterocycles. The Labute approximate surface area is 108 Å². The minimum atomic E-state index is -3.20. The number of hydrogen-bond donors (Lipinski definition) is 1. The molecule has 1 N–H and O–H groups in total. The molecule has 0 unspecified atom stereocenters. The second kappa shape index (κ2) is 4.95. The summed E-state index contributed by atoms with van der Waals surface area (Å²) in [5, 5.41) is 3.25. The Morgan fingerprint density at radius 2 is 2.22 bits per heavy atom. The SMILES string of the molecule is CC1(C)CN(Cc2ccccn2)S(=O)(=O)CCN1. The van der Waals surface area contributed by atoms with Crippen LogP contribution in [0.5, 0.6) is 0 Å². The van der Waals surface area contributed by atoms with Gasteiger partial charge in [0.05, 0.1) is 18.0 Å². The van der Waals surface area contributed by atoms with Gasteiger partial charge in [0.25, 0.3) is 0 Å². The third kappa shape index (κ3) is 3.28. The van der Waals surface area contributed by atoms with Gasteiger partial charge in [-0.1, -0.05) is 6.07 Å². The monoisotopic (exact) mass is 269 g/mol. The van der Waals surface area contributed by atoms with E-state index in [9.17, 15) is 8.42 Å². The van der Waals surface area contributed by atoms with E-state index in [2.05, 4.69) is 10.3 Å². The highest BCUT2D eigenvalue weighted by molar-refractivity contribution is 7.89. The predicted octanol–water partition coefficient (Wildman–Crippen LogP) is 0.595. The average molecular weight is 269 g/mol. The zero-order chi connectivity index (χ0) is 13.2. The van der Waals surface area contributed by atoms with E-state index in [1.807, 2.05) is 32.0 Å². The number of pyridine rings is 1. The molecule has 18 heavy (non-hydrogen) atoms.